The minimum Gasteiger partial charge on any atom is -0.298 e. The van der Waals surface area contributed by atoms with E-state index in [1.54, 1.807) is 0 Å². The van der Waals surface area contributed by atoms with Gasteiger partial charge in [-0.15, -0.1) is 0 Å². The van der Waals surface area contributed by atoms with E-state index in [4.69, 9.17) is 0 Å². The number of likely N-dealkylation sites (tertiary alicyclic amines) is 1. The second-order valence-electron chi connectivity index (χ2n) is 3.49. The molecule has 0 aliphatic carbocycles. The first-order chi connectivity index (χ1) is 4.75. The van der Waals surface area contributed by atoms with Gasteiger partial charge >= 0.3 is 0 Å². The van der Waals surface area contributed by atoms with Gasteiger partial charge in [0.1, 0.15) is 0 Å². The van der Waals surface area contributed by atoms with E-state index in [1.807, 2.05) is 0 Å². The summed E-state index contributed by atoms with van der Waals surface area (Å²) in [6.45, 7) is 8.28. The van der Waals surface area contributed by atoms with Crippen LogP contribution in [0, 0.1) is 0 Å². The molecule has 0 aromatic rings. The molecule has 0 N–H and O–H groups in total. The number of rotatable bonds is 2. The summed E-state index contributed by atoms with van der Waals surface area (Å²) < 4.78 is 0. The standard InChI is InChI=1S/C9H19N/c1-4-8(2)10-7-5-6-9(10)3/h8-9H,4-7H2,1-3H3/t8?,9-/m1/s1. The maximum Gasteiger partial charge on any atom is 0.00702 e. The maximum absolute atomic E-state index is 2.62. The third-order valence-corrected chi connectivity index (χ3v) is 2.76. The average Bonchev–Trinajstić information content (AvgIpc) is 2.34. The number of nitrogens with zero attached hydrogens (tertiary/aromatic N) is 1. The highest BCUT2D eigenvalue weighted by atomic mass is 15.2. The summed E-state index contributed by atoms with van der Waals surface area (Å²) in [6.07, 6.45) is 4.11. The Morgan fingerprint density at radius 2 is 2.30 bits per heavy atom. The fourth-order valence-electron chi connectivity index (χ4n) is 1.84. The van der Waals surface area contributed by atoms with E-state index in [0.717, 1.165) is 12.1 Å². The van der Waals surface area contributed by atoms with Gasteiger partial charge in [-0.05, 0) is 39.7 Å². The zero-order chi connectivity index (χ0) is 7.56. The summed E-state index contributed by atoms with van der Waals surface area (Å²) in [5.74, 6) is 0. The fourth-order valence-corrected chi connectivity index (χ4v) is 1.84. The molecule has 0 saturated carbocycles. The third kappa shape index (κ3) is 1.51. The Hall–Kier alpha value is -0.0400. The second-order valence-corrected chi connectivity index (χ2v) is 3.49. The van der Waals surface area contributed by atoms with Crippen LogP contribution in [0.4, 0.5) is 0 Å². The lowest BCUT2D eigenvalue weighted by atomic mass is 10.2. The first-order valence-corrected chi connectivity index (χ1v) is 4.51. The van der Waals surface area contributed by atoms with Gasteiger partial charge in [0.15, 0.2) is 0 Å². The summed E-state index contributed by atoms with van der Waals surface area (Å²) in [5, 5.41) is 0. The Morgan fingerprint density at radius 1 is 1.60 bits per heavy atom. The molecule has 0 radical (unpaired) electrons. The van der Waals surface area contributed by atoms with Crippen molar-refractivity contribution in [1.82, 2.24) is 4.90 Å². The molecule has 1 aliphatic heterocycles. The molecule has 0 aromatic heterocycles. The Kier molecular flexibility index (Phi) is 2.72. The molecule has 0 spiro atoms. The van der Waals surface area contributed by atoms with E-state index in [9.17, 15) is 0 Å². The number of hydrogen-bond donors (Lipinski definition) is 0. The molecule has 1 unspecified atom stereocenters. The van der Waals surface area contributed by atoms with Crippen molar-refractivity contribution in [3.8, 4) is 0 Å². The van der Waals surface area contributed by atoms with Crippen molar-refractivity contribution in [3.05, 3.63) is 0 Å². The molecule has 0 amide bonds. The lowest BCUT2D eigenvalue weighted by molar-refractivity contribution is 0.198. The first-order valence-electron chi connectivity index (χ1n) is 4.51. The van der Waals surface area contributed by atoms with Crippen molar-refractivity contribution in [2.75, 3.05) is 6.54 Å². The predicted octanol–water partition coefficient (Wildman–Crippen LogP) is 2.27. The van der Waals surface area contributed by atoms with Gasteiger partial charge in [0.25, 0.3) is 0 Å². The largest absolute Gasteiger partial charge is 0.298 e. The Balaban J connectivity index is 2.38. The molecular weight excluding hydrogens is 122 g/mol. The molecule has 1 heterocycles. The van der Waals surface area contributed by atoms with Gasteiger partial charge in [0.05, 0.1) is 0 Å². The van der Waals surface area contributed by atoms with Crippen molar-refractivity contribution < 1.29 is 0 Å². The van der Waals surface area contributed by atoms with Crippen LogP contribution in [-0.2, 0) is 0 Å². The number of hydrogen-bond acceptors (Lipinski definition) is 1. The Labute approximate surface area is 64.4 Å². The predicted molar refractivity (Wildman–Crippen MR) is 45.2 cm³/mol. The van der Waals surface area contributed by atoms with Crippen LogP contribution in [0.15, 0.2) is 0 Å². The molecule has 1 heteroatoms. The lowest BCUT2D eigenvalue weighted by Crippen LogP contribution is -2.34. The molecule has 0 aromatic carbocycles. The van der Waals surface area contributed by atoms with Crippen LogP contribution < -0.4 is 0 Å². The summed E-state index contributed by atoms with van der Waals surface area (Å²) in [5.41, 5.74) is 0. The molecule has 2 atom stereocenters. The fraction of sp³-hybridized carbons (Fsp3) is 1.00. The topological polar surface area (TPSA) is 3.24 Å². The first kappa shape index (κ1) is 8.06. The van der Waals surface area contributed by atoms with E-state index in [2.05, 4.69) is 25.7 Å². The monoisotopic (exact) mass is 141 g/mol. The van der Waals surface area contributed by atoms with Crippen LogP contribution in [-0.4, -0.2) is 23.5 Å². The molecule has 1 aliphatic rings. The third-order valence-electron chi connectivity index (χ3n) is 2.76. The van der Waals surface area contributed by atoms with Crippen LogP contribution in [0.25, 0.3) is 0 Å². The van der Waals surface area contributed by atoms with Gasteiger partial charge in [-0.2, -0.15) is 0 Å². The summed E-state index contributed by atoms with van der Waals surface area (Å²) in [6, 6.07) is 1.65. The second kappa shape index (κ2) is 3.38. The molecule has 1 nitrogen and oxygen atoms in total. The van der Waals surface area contributed by atoms with Crippen LogP contribution in [0.5, 0.6) is 0 Å². The molecule has 10 heavy (non-hydrogen) atoms. The lowest BCUT2D eigenvalue weighted by Gasteiger charge is -2.27. The SMILES string of the molecule is CCC(C)N1CCC[C@H]1C. The highest BCUT2D eigenvalue weighted by molar-refractivity contribution is 4.78. The summed E-state index contributed by atoms with van der Waals surface area (Å²) in [7, 11) is 0. The van der Waals surface area contributed by atoms with Crippen LogP contribution in [0.3, 0.4) is 0 Å². The van der Waals surface area contributed by atoms with Crippen molar-refractivity contribution in [2.45, 2.75) is 52.1 Å². The van der Waals surface area contributed by atoms with E-state index in [0.29, 0.717) is 0 Å². The molecule has 0 bridgehead atoms. The summed E-state index contributed by atoms with van der Waals surface area (Å²) in [4.78, 5) is 2.62. The van der Waals surface area contributed by atoms with Crippen LogP contribution >= 0.6 is 0 Å². The van der Waals surface area contributed by atoms with Crippen molar-refractivity contribution in [2.24, 2.45) is 0 Å². The van der Waals surface area contributed by atoms with Gasteiger partial charge in [0, 0.05) is 12.1 Å². The molecule has 1 saturated heterocycles. The van der Waals surface area contributed by atoms with Crippen molar-refractivity contribution in [3.63, 3.8) is 0 Å². The Bertz CT molecular complexity index is 101. The highest BCUT2D eigenvalue weighted by Gasteiger charge is 2.23. The van der Waals surface area contributed by atoms with Gasteiger partial charge in [-0.25, -0.2) is 0 Å². The van der Waals surface area contributed by atoms with E-state index in [-0.39, 0.29) is 0 Å². The molecule has 60 valence electrons. The van der Waals surface area contributed by atoms with E-state index in [1.165, 1.54) is 25.8 Å². The average molecular weight is 141 g/mol. The van der Waals surface area contributed by atoms with Gasteiger partial charge < -0.3 is 0 Å². The van der Waals surface area contributed by atoms with Crippen molar-refractivity contribution >= 4 is 0 Å². The van der Waals surface area contributed by atoms with Crippen molar-refractivity contribution in [1.29, 1.82) is 0 Å². The molecule has 1 fully saturated rings. The summed E-state index contributed by atoms with van der Waals surface area (Å²) >= 11 is 0. The zero-order valence-electron chi connectivity index (χ0n) is 7.43. The van der Waals surface area contributed by atoms with Gasteiger partial charge in [0.2, 0.25) is 0 Å². The van der Waals surface area contributed by atoms with E-state index >= 15 is 0 Å². The minimum absolute atomic E-state index is 0.803. The minimum atomic E-state index is 0.803. The molecule has 1 rings (SSSR count). The van der Waals surface area contributed by atoms with Crippen LogP contribution in [0.1, 0.15) is 40.0 Å². The van der Waals surface area contributed by atoms with Crippen LogP contribution in [0.2, 0.25) is 0 Å². The zero-order valence-corrected chi connectivity index (χ0v) is 7.43. The normalized spacial score (nSPS) is 30.9. The smallest absolute Gasteiger partial charge is 0.00702 e. The maximum atomic E-state index is 2.62. The van der Waals surface area contributed by atoms with E-state index < -0.39 is 0 Å². The van der Waals surface area contributed by atoms with Gasteiger partial charge in [-0.1, -0.05) is 6.92 Å². The highest BCUT2D eigenvalue weighted by Crippen LogP contribution is 2.20. The molecular formula is C9H19N. The van der Waals surface area contributed by atoms with Gasteiger partial charge in [-0.3, -0.25) is 4.90 Å². The Morgan fingerprint density at radius 3 is 2.70 bits per heavy atom. The quantitative estimate of drug-likeness (QED) is 0.570.